The summed E-state index contributed by atoms with van der Waals surface area (Å²) in [6.45, 7) is 3.18. The molecule has 0 spiro atoms. The number of urea groups is 1. The van der Waals surface area contributed by atoms with Gasteiger partial charge in [0.25, 0.3) is 0 Å². The van der Waals surface area contributed by atoms with E-state index in [9.17, 15) is 9.59 Å². The van der Waals surface area contributed by atoms with Crippen molar-refractivity contribution in [1.82, 2.24) is 10.2 Å². The van der Waals surface area contributed by atoms with Crippen LogP contribution in [0.5, 0.6) is 0 Å². The summed E-state index contributed by atoms with van der Waals surface area (Å²) in [5, 5.41) is 11.6. The molecule has 6 heteroatoms. The monoisotopic (exact) mass is 284 g/mol. The van der Waals surface area contributed by atoms with Gasteiger partial charge in [-0.15, -0.1) is 0 Å². The zero-order chi connectivity index (χ0) is 14.6. The Balaban J connectivity index is 1.64. The van der Waals surface area contributed by atoms with E-state index in [0.717, 1.165) is 6.54 Å². The summed E-state index contributed by atoms with van der Waals surface area (Å²) < 4.78 is 5.28. The Morgan fingerprint density at radius 3 is 2.55 bits per heavy atom. The molecule has 1 saturated heterocycles. The highest BCUT2D eigenvalue weighted by Crippen LogP contribution is 2.25. The van der Waals surface area contributed by atoms with Gasteiger partial charge in [0.1, 0.15) is 12.2 Å². The number of nitrogens with one attached hydrogen (secondary N) is 1. The van der Waals surface area contributed by atoms with Gasteiger partial charge in [0, 0.05) is 6.54 Å². The minimum Gasteiger partial charge on any atom is -0.480 e. The lowest BCUT2D eigenvalue weighted by Crippen LogP contribution is -2.65. The molecule has 0 unspecified atom stereocenters. The molecule has 20 heavy (non-hydrogen) atoms. The number of carboxylic acid groups (broad SMARTS) is 1. The van der Waals surface area contributed by atoms with E-state index in [4.69, 9.17) is 9.84 Å². The second kappa shape index (κ2) is 6.43. The molecular weight excluding hydrogens is 260 g/mol. The smallest absolute Gasteiger partial charge is 0.329 e. The lowest BCUT2D eigenvalue weighted by atomic mass is 9.89. The second-order valence-corrected chi connectivity index (χ2v) is 6.18. The van der Waals surface area contributed by atoms with Crippen molar-refractivity contribution in [3.8, 4) is 0 Å². The Morgan fingerprint density at radius 1 is 1.30 bits per heavy atom. The van der Waals surface area contributed by atoms with Crippen molar-refractivity contribution in [2.45, 2.75) is 44.6 Å². The Labute approximate surface area is 119 Å². The number of nitrogens with zero attached hydrogens (tertiary/aromatic N) is 1. The SMILES string of the molecule is CC1(OCC(=O)O)CN(C(=O)NCC2CCCCC2)C1. The fourth-order valence-electron chi connectivity index (χ4n) is 2.97. The van der Waals surface area contributed by atoms with Crippen LogP contribution in [0, 0.1) is 5.92 Å². The molecule has 1 aliphatic heterocycles. The summed E-state index contributed by atoms with van der Waals surface area (Å²) in [4.78, 5) is 24.1. The molecule has 0 aromatic carbocycles. The summed E-state index contributed by atoms with van der Waals surface area (Å²) >= 11 is 0. The number of hydrogen-bond acceptors (Lipinski definition) is 3. The molecule has 6 nitrogen and oxygen atoms in total. The van der Waals surface area contributed by atoms with Gasteiger partial charge >= 0.3 is 12.0 Å². The lowest BCUT2D eigenvalue weighted by molar-refractivity contribution is -0.159. The van der Waals surface area contributed by atoms with Crippen LogP contribution in [-0.2, 0) is 9.53 Å². The van der Waals surface area contributed by atoms with Crippen molar-refractivity contribution in [1.29, 1.82) is 0 Å². The number of rotatable bonds is 5. The number of ether oxygens (including phenoxy) is 1. The predicted octanol–water partition coefficient (Wildman–Crippen LogP) is 1.45. The molecule has 1 saturated carbocycles. The van der Waals surface area contributed by atoms with Crippen LogP contribution >= 0.6 is 0 Å². The average Bonchev–Trinajstić information content (AvgIpc) is 2.40. The van der Waals surface area contributed by atoms with Crippen molar-refractivity contribution in [3.05, 3.63) is 0 Å². The highest BCUT2D eigenvalue weighted by Gasteiger charge is 2.42. The first-order valence-corrected chi connectivity index (χ1v) is 7.37. The van der Waals surface area contributed by atoms with Crippen LogP contribution in [0.4, 0.5) is 4.79 Å². The number of carboxylic acids is 1. The predicted molar refractivity (Wildman–Crippen MR) is 73.5 cm³/mol. The van der Waals surface area contributed by atoms with Crippen LogP contribution < -0.4 is 5.32 Å². The fraction of sp³-hybridized carbons (Fsp3) is 0.857. The van der Waals surface area contributed by atoms with Gasteiger partial charge in [-0.2, -0.15) is 0 Å². The van der Waals surface area contributed by atoms with Crippen LogP contribution in [0.3, 0.4) is 0 Å². The molecule has 2 fully saturated rings. The normalized spacial score (nSPS) is 22.1. The van der Waals surface area contributed by atoms with Crippen LogP contribution in [0.2, 0.25) is 0 Å². The number of amides is 2. The van der Waals surface area contributed by atoms with Gasteiger partial charge in [-0.3, -0.25) is 0 Å². The first-order chi connectivity index (χ1) is 9.48. The molecule has 0 bridgehead atoms. The van der Waals surface area contributed by atoms with Gasteiger partial charge in [-0.1, -0.05) is 19.3 Å². The van der Waals surface area contributed by atoms with Crippen LogP contribution in [-0.4, -0.2) is 53.8 Å². The van der Waals surface area contributed by atoms with Crippen molar-refractivity contribution < 1.29 is 19.4 Å². The third-order valence-electron chi connectivity index (χ3n) is 4.15. The third kappa shape index (κ3) is 4.10. The van der Waals surface area contributed by atoms with Crippen LogP contribution in [0.15, 0.2) is 0 Å². The van der Waals surface area contributed by atoms with Gasteiger partial charge in [-0.05, 0) is 25.7 Å². The lowest BCUT2D eigenvalue weighted by Gasteiger charge is -2.47. The van der Waals surface area contributed by atoms with E-state index in [1.54, 1.807) is 4.90 Å². The van der Waals surface area contributed by atoms with E-state index in [-0.39, 0.29) is 12.6 Å². The van der Waals surface area contributed by atoms with Gasteiger partial charge in [0.15, 0.2) is 0 Å². The molecule has 2 amide bonds. The molecule has 0 radical (unpaired) electrons. The third-order valence-corrected chi connectivity index (χ3v) is 4.15. The van der Waals surface area contributed by atoms with Crippen molar-refractivity contribution in [2.24, 2.45) is 5.92 Å². The molecule has 1 aliphatic carbocycles. The first kappa shape index (κ1) is 15.1. The van der Waals surface area contributed by atoms with Crippen molar-refractivity contribution in [3.63, 3.8) is 0 Å². The number of carbonyl (C=O) groups excluding carboxylic acids is 1. The summed E-state index contributed by atoms with van der Waals surface area (Å²) in [6, 6.07) is -0.0630. The van der Waals surface area contributed by atoms with E-state index in [1.807, 2.05) is 6.92 Å². The van der Waals surface area contributed by atoms with Crippen LogP contribution in [0.1, 0.15) is 39.0 Å². The minimum atomic E-state index is -0.980. The Bertz CT molecular complexity index is 360. The molecule has 114 valence electrons. The Hall–Kier alpha value is -1.30. The van der Waals surface area contributed by atoms with Crippen molar-refractivity contribution in [2.75, 3.05) is 26.2 Å². The zero-order valence-electron chi connectivity index (χ0n) is 12.1. The minimum absolute atomic E-state index is 0.0630. The summed E-state index contributed by atoms with van der Waals surface area (Å²) in [7, 11) is 0. The van der Waals surface area contributed by atoms with E-state index < -0.39 is 11.6 Å². The topological polar surface area (TPSA) is 78.9 Å². The van der Waals surface area contributed by atoms with Gasteiger partial charge < -0.3 is 20.1 Å². The molecule has 0 aromatic rings. The first-order valence-electron chi connectivity index (χ1n) is 7.37. The summed E-state index contributed by atoms with van der Waals surface area (Å²) in [5.74, 6) is -0.366. The highest BCUT2D eigenvalue weighted by molar-refractivity contribution is 5.75. The maximum absolute atomic E-state index is 11.9. The summed E-state index contributed by atoms with van der Waals surface area (Å²) in [5.41, 5.74) is -0.513. The molecule has 2 N–H and O–H groups in total. The molecular formula is C14H24N2O4. The molecule has 2 aliphatic rings. The maximum Gasteiger partial charge on any atom is 0.329 e. The quantitative estimate of drug-likeness (QED) is 0.801. The number of carbonyl (C=O) groups is 2. The van der Waals surface area contributed by atoms with Gasteiger partial charge in [-0.25, -0.2) is 9.59 Å². The molecule has 1 heterocycles. The number of aliphatic carboxylic acids is 1. The van der Waals surface area contributed by atoms with Crippen LogP contribution in [0.25, 0.3) is 0 Å². The standard InChI is InChI=1S/C14H24N2O4/c1-14(20-8-12(17)18)9-16(10-14)13(19)15-7-11-5-3-2-4-6-11/h11H,2-10H2,1H3,(H,15,19)(H,17,18). The van der Waals surface area contributed by atoms with E-state index in [2.05, 4.69) is 5.32 Å². The van der Waals surface area contributed by atoms with Gasteiger partial charge in [0.05, 0.1) is 13.1 Å². The maximum atomic E-state index is 11.9. The zero-order valence-corrected chi connectivity index (χ0v) is 12.1. The molecule has 0 atom stereocenters. The summed E-state index contributed by atoms with van der Waals surface area (Å²) in [6.07, 6.45) is 6.27. The Morgan fingerprint density at radius 2 is 1.95 bits per heavy atom. The average molecular weight is 284 g/mol. The second-order valence-electron chi connectivity index (χ2n) is 6.18. The largest absolute Gasteiger partial charge is 0.480 e. The van der Waals surface area contributed by atoms with E-state index in [1.165, 1.54) is 32.1 Å². The Kier molecular flexibility index (Phi) is 4.86. The number of hydrogen-bond donors (Lipinski definition) is 2. The highest BCUT2D eigenvalue weighted by atomic mass is 16.5. The van der Waals surface area contributed by atoms with Gasteiger partial charge in [0.2, 0.25) is 0 Å². The molecule has 2 rings (SSSR count). The fourth-order valence-corrected chi connectivity index (χ4v) is 2.97. The van der Waals surface area contributed by atoms with E-state index >= 15 is 0 Å². The van der Waals surface area contributed by atoms with Crippen molar-refractivity contribution >= 4 is 12.0 Å². The molecule has 0 aromatic heterocycles. The van der Waals surface area contributed by atoms with E-state index in [0.29, 0.717) is 19.0 Å². The number of likely N-dealkylation sites (tertiary alicyclic amines) is 1.